The predicted octanol–water partition coefficient (Wildman–Crippen LogP) is 3.22. The molecule has 4 heterocycles. The standard InChI is InChI=1S/C21H28BN5O3/c1-20(2)21(3,4)30-22(29-20)15-11-26-27(12-15)19(14-7-5-6-8-14)28-18-16-9-10-23-17(16)24-13-25-18/h9-14,19H,5-8H2,1-4H3,(H,23,24,25). The quantitative estimate of drug-likeness (QED) is 0.652. The molecular formula is C21H28BN5O3. The van der Waals surface area contributed by atoms with Gasteiger partial charge in [0.1, 0.15) is 12.0 Å². The molecule has 30 heavy (non-hydrogen) atoms. The van der Waals surface area contributed by atoms with E-state index in [0.717, 1.165) is 29.3 Å². The summed E-state index contributed by atoms with van der Waals surface area (Å²) in [6.07, 6.45) is 11.6. The number of ether oxygens (including phenoxy) is 1. The highest BCUT2D eigenvalue weighted by Gasteiger charge is 2.52. The molecule has 8 nitrogen and oxygen atoms in total. The maximum Gasteiger partial charge on any atom is 0.498 e. The second kappa shape index (κ2) is 7.09. The van der Waals surface area contributed by atoms with Crippen LogP contribution in [0.4, 0.5) is 0 Å². The zero-order chi connectivity index (χ0) is 20.9. The average molecular weight is 409 g/mol. The van der Waals surface area contributed by atoms with Crippen LogP contribution in [0.25, 0.3) is 11.0 Å². The lowest BCUT2D eigenvalue weighted by molar-refractivity contribution is 0.00578. The van der Waals surface area contributed by atoms with E-state index in [2.05, 4.69) is 47.7 Å². The van der Waals surface area contributed by atoms with Gasteiger partial charge < -0.3 is 19.0 Å². The summed E-state index contributed by atoms with van der Waals surface area (Å²) in [6.45, 7) is 8.22. The summed E-state index contributed by atoms with van der Waals surface area (Å²) in [6, 6.07) is 1.94. The zero-order valence-electron chi connectivity index (χ0n) is 18.0. The molecule has 0 bridgehead atoms. The molecule has 158 valence electrons. The van der Waals surface area contributed by atoms with Crippen LogP contribution in [-0.2, 0) is 9.31 Å². The van der Waals surface area contributed by atoms with Crippen molar-refractivity contribution >= 4 is 23.6 Å². The van der Waals surface area contributed by atoms with Gasteiger partial charge in [-0.15, -0.1) is 0 Å². The van der Waals surface area contributed by atoms with Crippen molar-refractivity contribution in [3.63, 3.8) is 0 Å². The van der Waals surface area contributed by atoms with Crippen LogP contribution in [0, 0.1) is 5.92 Å². The fraction of sp³-hybridized carbons (Fsp3) is 0.571. The van der Waals surface area contributed by atoms with Crippen molar-refractivity contribution in [2.75, 3.05) is 0 Å². The van der Waals surface area contributed by atoms with Crippen molar-refractivity contribution in [3.8, 4) is 5.88 Å². The van der Waals surface area contributed by atoms with Crippen LogP contribution >= 0.6 is 0 Å². The number of H-pyrrole nitrogens is 1. The molecule has 3 aromatic rings. The summed E-state index contributed by atoms with van der Waals surface area (Å²) in [5.41, 5.74) is 0.891. The Morgan fingerprint density at radius 3 is 2.63 bits per heavy atom. The topological polar surface area (TPSA) is 87.1 Å². The third kappa shape index (κ3) is 3.30. The molecule has 1 atom stereocenters. The predicted molar refractivity (Wildman–Crippen MR) is 113 cm³/mol. The van der Waals surface area contributed by atoms with E-state index in [0.29, 0.717) is 11.8 Å². The first-order valence-corrected chi connectivity index (χ1v) is 10.7. The largest absolute Gasteiger partial charge is 0.498 e. The second-order valence-corrected chi connectivity index (χ2v) is 9.31. The summed E-state index contributed by atoms with van der Waals surface area (Å²) in [4.78, 5) is 11.8. The van der Waals surface area contributed by atoms with Crippen molar-refractivity contribution in [2.24, 2.45) is 5.92 Å². The Kier molecular flexibility index (Phi) is 4.63. The van der Waals surface area contributed by atoms with E-state index in [1.165, 1.54) is 19.2 Å². The van der Waals surface area contributed by atoms with Crippen LogP contribution in [0.2, 0.25) is 0 Å². The van der Waals surface area contributed by atoms with Crippen molar-refractivity contribution in [1.29, 1.82) is 0 Å². The molecule has 0 spiro atoms. The van der Waals surface area contributed by atoms with Crippen molar-refractivity contribution in [3.05, 3.63) is 31.0 Å². The number of nitrogens with zero attached hydrogens (tertiary/aromatic N) is 4. The molecular weight excluding hydrogens is 381 g/mol. The van der Waals surface area contributed by atoms with E-state index in [4.69, 9.17) is 14.0 Å². The maximum atomic E-state index is 6.46. The van der Waals surface area contributed by atoms with Crippen LogP contribution in [0.1, 0.15) is 59.6 Å². The first-order valence-electron chi connectivity index (χ1n) is 10.7. The summed E-state index contributed by atoms with van der Waals surface area (Å²) in [5.74, 6) is 0.950. The van der Waals surface area contributed by atoms with Gasteiger partial charge in [-0.1, -0.05) is 12.8 Å². The van der Waals surface area contributed by atoms with Gasteiger partial charge in [-0.3, -0.25) is 0 Å². The minimum atomic E-state index is -0.441. The monoisotopic (exact) mass is 409 g/mol. The molecule has 1 saturated heterocycles. The third-order valence-electron chi connectivity index (χ3n) is 6.76. The van der Waals surface area contributed by atoms with E-state index in [-0.39, 0.29) is 17.4 Å². The van der Waals surface area contributed by atoms with E-state index >= 15 is 0 Å². The number of nitrogens with one attached hydrogen (secondary N) is 1. The van der Waals surface area contributed by atoms with Gasteiger partial charge in [0.2, 0.25) is 5.88 Å². The van der Waals surface area contributed by atoms with E-state index in [9.17, 15) is 0 Å². The summed E-state index contributed by atoms with van der Waals surface area (Å²) < 4.78 is 20.7. The summed E-state index contributed by atoms with van der Waals surface area (Å²) in [5, 5.41) is 5.52. The Morgan fingerprint density at radius 1 is 1.17 bits per heavy atom. The maximum absolute atomic E-state index is 6.46. The number of hydrogen-bond acceptors (Lipinski definition) is 6. The lowest BCUT2D eigenvalue weighted by Crippen LogP contribution is -2.41. The fourth-order valence-corrected chi connectivity index (χ4v) is 4.26. The Morgan fingerprint density at radius 2 is 1.90 bits per heavy atom. The van der Waals surface area contributed by atoms with Gasteiger partial charge in [-0.05, 0) is 46.6 Å². The number of aromatic nitrogens is 5. The smallest absolute Gasteiger partial charge is 0.451 e. The molecule has 0 aromatic carbocycles. The van der Waals surface area contributed by atoms with E-state index in [1.807, 2.05) is 29.3 Å². The SMILES string of the molecule is CC1(C)OB(c2cnn(C(Oc3ncnc4[nH]ccc34)C3CCCC3)c2)OC1(C)C. The molecule has 9 heteroatoms. The molecule has 2 aliphatic rings. The van der Waals surface area contributed by atoms with Crippen LogP contribution in [0.15, 0.2) is 31.0 Å². The number of rotatable bonds is 5. The van der Waals surface area contributed by atoms with Crippen LogP contribution in [-0.4, -0.2) is 43.1 Å². The number of fused-ring (bicyclic) bond motifs is 1. The molecule has 1 N–H and O–H groups in total. The van der Waals surface area contributed by atoms with E-state index < -0.39 is 7.12 Å². The third-order valence-corrected chi connectivity index (χ3v) is 6.76. The molecule has 0 radical (unpaired) electrons. The Bertz CT molecular complexity index is 1020. The van der Waals surface area contributed by atoms with Crippen molar-refractivity contribution in [1.82, 2.24) is 24.7 Å². The first-order chi connectivity index (χ1) is 14.3. The highest BCUT2D eigenvalue weighted by atomic mass is 16.7. The van der Waals surface area contributed by atoms with Gasteiger partial charge in [0.15, 0.2) is 6.23 Å². The molecule has 2 fully saturated rings. The summed E-state index contributed by atoms with van der Waals surface area (Å²) in [7, 11) is -0.441. The van der Waals surface area contributed by atoms with Crippen LogP contribution in [0.3, 0.4) is 0 Å². The molecule has 1 unspecified atom stereocenters. The lowest BCUT2D eigenvalue weighted by Gasteiger charge is -2.32. The van der Waals surface area contributed by atoms with Gasteiger partial charge in [0.25, 0.3) is 0 Å². The van der Waals surface area contributed by atoms with E-state index in [1.54, 1.807) is 0 Å². The minimum Gasteiger partial charge on any atom is -0.451 e. The molecule has 1 aliphatic carbocycles. The van der Waals surface area contributed by atoms with Crippen molar-refractivity contribution < 1.29 is 14.0 Å². The minimum absolute atomic E-state index is 0.239. The number of hydrogen-bond donors (Lipinski definition) is 1. The average Bonchev–Trinajstić information content (AvgIpc) is 3.48. The van der Waals surface area contributed by atoms with Crippen molar-refractivity contribution in [2.45, 2.75) is 70.8 Å². The Labute approximate surface area is 176 Å². The highest BCUT2D eigenvalue weighted by molar-refractivity contribution is 6.62. The first kappa shape index (κ1) is 19.6. The van der Waals surface area contributed by atoms with Gasteiger partial charge in [0, 0.05) is 30.0 Å². The van der Waals surface area contributed by atoms with Gasteiger partial charge in [-0.25, -0.2) is 14.6 Å². The second-order valence-electron chi connectivity index (χ2n) is 9.31. The van der Waals surface area contributed by atoms with Crippen LogP contribution in [0.5, 0.6) is 5.88 Å². The molecule has 3 aromatic heterocycles. The Balaban J connectivity index is 1.44. The normalized spacial score (nSPS) is 22.1. The molecule has 0 amide bonds. The lowest BCUT2D eigenvalue weighted by atomic mass is 9.82. The number of aromatic amines is 1. The zero-order valence-corrected chi connectivity index (χ0v) is 18.0. The van der Waals surface area contributed by atoms with Gasteiger partial charge in [-0.2, -0.15) is 5.10 Å². The highest BCUT2D eigenvalue weighted by Crippen LogP contribution is 2.38. The van der Waals surface area contributed by atoms with Crippen LogP contribution < -0.4 is 10.2 Å². The fourth-order valence-electron chi connectivity index (χ4n) is 4.26. The molecule has 1 saturated carbocycles. The van der Waals surface area contributed by atoms with Gasteiger partial charge in [0.05, 0.1) is 16.6 Å². The molecule has 1 aliphatic heterocycles. The Hall–Kier alpha value is -2.39. The van der Waals surface area contributed by atoms with Gasteiger partial charge >= 0.3 is 7.12 Å². The summed E-state index contributed by atoms with van der Waals surface area (Å²) >= 11 is 0. The molecule has 5 rings (SSSR count).